The number of hydrogen-bond acceptors (Lipinski definition) is 4. The predicted octanol–water partition coefficient (Wildman–Crippen LogP) is 4.95. The third-order valence-corrected chi connectivity index (χ3v) is 5.09. The highest BCUT2D eigenvalue weighted by molar-refractivity contribution is 6.14. The molecule has 0 spiro atoms. The number of benzene rings is 3. The van der Waals surface area contributed by atoms with E-state index in [0.717, 1.165) is 21.9 Å². The molecule has 0 aliphatic rings. The summed E-state index contributed by atoms with van der Waals surface area (Å²) in [4.78, 5) is 25.5. The van der Waals surface area contributed by atoms with Gasteiger partial charge in [0, 0.05) is 32.7 Å². The van der Waals surface area contributed by atoms with Gasteiger partial charge >= 0.3 is 11.3 Å². The lowest BCUT2D eigenvalue weighted by Crippen LogP contribution is -2.04. The molecule has 0 fully saturated rings. The molecule has 0 amide bonds. The minimum absolute atomic E-state index is 0.411. The van der Waals surface area contributed by atoms with E-state index in [9.17, 15) is 9.59 Å². The zero-order valence-electron chi connectivity index (χ0n) is 16.3. The van der Waals surface area contributed by atoms with E-state index in [1.807, 2.05) is 24.3 Å². The zero-order valence-corrected chi connectivity index (χ0v) is 16.3. The van der Waals surface area contributed by atoms with E-state index >= 15 is 0 Å². The standard InChI is InChI=1S/C26H14O4/c1-3-5-15-7-9-17-19-13-22-20(14-21(19)25(27)29-23(17)11-15)18-10-8-16(6-4-2)12-24(18)30-26(22)28/h7-14H,1-2H3. The fourth-order valence-corrected chi connectivity index (χ4v) is 3.80. The van der Waals surface area contributed by atoms with Gasteiger partial charge in [-0.05, 0) is 62.4 Å². The van der Waals surface area contributed by atoms with Crippen LogP contribution in [0.4, 0.5) is 0 Å². The monoisotopic (exact) mass is 390 g/mol. The van der Waals surface area contributed by atoms with Crippen molar-refractivity contribution in [1.82, 2.24) is 0 Å². The number of rotatable bonds is 0. The normalized spacial score (nSPS) is 10.7. The van der Waals surface area contributed by atoms with E-state index in [4.69, 9.17) is 8.83 Å². The SMILES string of the molecule is CC#Cc1ccc2c(c1)oc(=O)c1cc3c(cc12)c(=O)oc1cc(C#CC)ccc13. The molecule has 3 aromatic carbocycles. The van der Waals surface area contributed by atoms with Gasteiger partial charge in [-0.3, -0.25) is 0 Å². The Morgan fingerprint density at radius 3 is 1.40 bits per heavy atom. The van der Waals surface area contributed by atoms with Crippen LogP contribution < -0.4 is 11.3 Å². The van der Waals surface area contributed by atoms with Crippen molar-refractivity contribution in [3.63, 3.8) is 0 Å². The van der Waals surface area contributed by atoms with Crippen LogP contribution in [-0.4, -0.2) is 0 Å². The topological polar surface area (TPSA) is 60.4 Å². The lowest BCUT2D eigenvalue weighted by molar-refractivity contribution is 0.568. The summed E-state index contributed by atoms with van der Waals surface area (Å²) in [7, 11) is 0. The molecule has 4 nitrogen and oxygen atoms in total. The van der Waals surface area contributed by atoms with Crippen molar-refractivity contribution in [2.24, 2.45) is 0 Å². The van der Waals surface area contributed by atoms with Gasteiger partial charge in [-0.1, -0.05) is 11.8 Å². The van der Waals surface area contributed by atoms with Crippen molar-refractivity contribution >= 4 is 43.5 Å². The molecule has 0 atom stereocenters. The Labute approximate surface area is 170 Å². The summed E-state index contributed by atoms with van der Waals surface area (Å²) in [5.74, 6) is 11.6. The summed E-state index contributed by atoms with van der Waals surface area (Å²) in [5, 5.41) is 3.58. The van der Waals surface area contributed by atoms with Gasteiger partial charge < -0.3 is 8.83 Å². The van der Waals surface area contributed by atoms with Gasteiger partial charge in [0.2, 0.25) is 0 Å². The van der Waals surface area contributed by atoms with Crippen molar-refractivity contribution in [1.29, 1.82) is 0 Å². The van der Waals surface area contributed by atoms with E-state index < -0.39 is 11.3 Å². The smallest absolute Gasteiger partial charge is 0.344 e. The second-order valence-corrected chi connectivity index (χ2v) is 6.89. The highest BCUT2D eigenvalue weighted by Gasteiger charge is 2.14. The minimum atomic E-state index is -0.462. The van der Waals surface area contributed by atoms with E-state index in [2.05, 4.69) is 23.7 Å². The highest BCUT2D eigenvalue weighted by Crippen LogP contribution is 2.30. The Bertz CT molecular complexity index is 1630. The minimum Gasteiger partial charge on any atom is -0.422 e. The van der Waals surface area contributed by atoms with Gasteiger partial charge in [-0.15, -0.1) is 11.8 Å². The Morgan fingerprint density at radius 2 is 1.00 bits per heavy atom. The van der Waals surface area contributed by atoms with Crippen LogP contribution in [0.15, 0.2) is 67.0 Å². The third kappa shape index (κ3) is 2.67. The Morgan fingerprint density at radius 1 is 0.567 bits per heavy atom. The molecular weight excluding hydrogens is 376 g/mol. The van der Waals surface area contributed by atoms with Crippen molar-refractivity contribution in [3.8, 4) is 23.7 Å². The molecule has 2 aromatic heterocycles. The number of hydrogen-bond donors (Lipinski definition) is 0. The van der Waals surface area contributed by atoms with Crippen LogP contribution >= 0.6 is 0 Å². The zero-order chi connectivity index (χ0) is 20.8. The lowest BCUT2D eigenvalue weighted by atomic mass is 10.00. The molecule has 0 saturated heterocycles. The summed E-state index contributed by atoms with van der Waals surface area (Å²) >= 11 is 0. The van der Waals surface area contributed by atoms with Crippen LogP contribution in [0, 0.1) is 23.7 Å². The first-order valence-electron chi connectivity index (χ1n) is 9.36. The van der Waals surface area contributed by atoms with E-state index in [-0.39, 0.29) is 0 Å². The van der Waals surface area contributed by atoms with Gasteiger partial charge in [0.1, 0.15) is 11.2 Å². The van der Waals surface area contributed by atoms with Crippen LogP contribution in [0.5, 0.6) is 0 Å². The largest absolute Gasteiger partial charge is 0.422 e. The molecule has 5 rings (SSSR count). The molecule has 2 heterocycles. The van der Waals surface area contributed by atoms with E-state index in [0.29, 0.717) is 32.7 Å². The predicted molar refractivity (Wildman–Crippen MR) is 119 cm³/mol. The Kier molecular flexibility index (Phi) is 3.95. The molecule has 0 bridgehead atoms. The second kappa shape index (κ2) is 6.65. The van der Waals surface area contributed by atoms with Gasteiger partial charge in [0.05, 0.1) is 10.8 Å². The average molecular weight is 390 g/mol. The fraction of sp³-hybridized carbons (Fsp3) is 0.0769. The molecule has 142 valence electrons. The van der Waals surface area contributed by atoms with Gasteiger partial charge in [-0.2, -0.15) is 0 Å². The summed E-state index contributed by atoms with van der Waals surface area (Å²) in [6.45, 7) is 3.49. The molecule has 0 saturated carbocycles. The molecule has 0 unspecified atom stereocenters. The third-order valence-electron chi connectivity index (χ3n) is 5.09. The Hall–Kier alpha value is -4.28. The fourth-order valence-electron chi connectivity index (χ4n) is 3.80. The summed E-state index contributed by atoms with van der Waals surface area (Å²) < 4.78 is 11.1. The summed E-state index contributed by atoms with van der Waals surface area (Å²) in [5.41, 5.74) is 1.45. The van der Waals surface area contributed by atoms with Crippen LogP contribution in [0.1, 0.15) is 25.0 Å². The van der Waals surface area contributed by atoms with E-state index in [1.54, 1.807) is 38.1 Å². The van der Waals surface area contributed by atoms with Crippen LogP contribution in [0.3, 0.4) is 0 Å². The molecule has 0 aliphatic heterocycles. The van der Waals surface area contributed by atoms with Crippen molar-refractivity contribution in [2.45, 2.75) is 13.8 Å². The first kappa shape index (κ1) is 17.8. The Balaban J connectivity index is 1.93. The summed E-state index contributed by atoms with van der Waals surface area (Å²) in [6, 6.07) is 14.3. The quantitative estimate of drug-likeness (QED) is 0.162. The number of fused-ring (bicyclic) bond motifs is 6. The molecule has 5 aromatic rings. The average Bonchev–Trinajstić information content (AvgIpc) is 2.73. The van der Waals surface area contributed by atoms with Crippen molar-refractivity contribution in [2.75, 3.05) is 0 Å². The van der Waals surface area contributed by atoms with Gasteiger partial charge in [-0.25, -0.2) is 9.59 Å². The van der Waals surface area contributed by atoms with Crippen LogP contribution in [0.2, 0.25) is 0 Å². The summed E-state index contributed by atoms with van der Waals surface area (Å²) in [6.07, 6.45) is 0. The molecular formula is C26H14O4. The van der Waals surface area contributed by atoms with Crippen LogP contribution in [0.25, 0.3) is 43.5 Å². The first-order chi connectivity index (χ1) is 14.6. The second-order valence-electron chi connectivity index (χ2n) is 6.89. The molecule has 30 heavy (non-hydrogen) atoms. The highest BCUT2D eigenvalue weighted by atomic mass is 16.4. The molecule has 0 aliphatic carbocycles. The molecule has 0 N–H and O–H groups in total. The maximum absolute atomic E-state index is 12.7. The van der Waals surface area contributed by atoms with Crippen LogP contribution in [-0.2, 0) is 0 Å². The maximum atomic E-state index is 12.7. The van der Waals surface area contributed by atoms with Crippen molar-refractivity contribution < 1.29 is 8.83 Å². The van der Waals surface area contributed by atoms with E-state index in [1.165, 1.54) is 0 Å². The van der Waals surface area contributed by atoms with Gasteiger partial charge in [0.15, 0.2) is 0 Å². The molecule has 4 heteroatoms. The first-order valence-corrected chi connectivity index (χ1v) is 9.36. The molecule has 0 radical (unpaired) electrons. The van der Waals surface area contributed by atoms with Crippen molar-refractivity contribution in [3.05, 3.63) is 80.5 Å². The maximum Gasteiger partial charge on any atom is 0.344 e. The lowest BCUT2D eigenvalue weighted by Gasteiger charge is -2.07. The van der Waals surface area contributed by atoms with Gasteiger partial charge in [0.25, 0.3) is 0 Å².